The highest BCUT2D eigenvalue weighted by Crippen LogP contribution is 2.42. The van der Waals surface area contributed by atoms with Gasteiger partial charge in [0.05, 0.1) is 11.8 Å². The van der Waals surface area contributed by atoms with Crippen molar-refractivity contribution in [3.8, 4) is 11.3 Å². The fourth-order valence-corrected chi connectivity index (χ4v) is 4.06. The van der Waals surface area contributed by atoms with Gasteiger partial charge in [0.2, 0.25) is 15.6 Å². The Balaban J connectivity index is 2.99. The van der Waals surface area contributed by atoms with Crippen molar-refractivity contribution >= 4 is 10.0 Å². The number of rotatable bonds is 6. The van der Waals surface area contributed by atoms with Crippen LogP contribution in [0.1, 0.15) is 25.1 Å². The molecule has 2 rings (SSSR count). The van der Waals surface area contributed by atoms with Crippen LogP contribution in [-0.2, 0) is 21.2 Å². The highest BCUT2D eigenvalue weighted by Gasteiger charge is 2.57. The normalized spacial score (nSPS) is 15.1. The molecule has 0 saturated heterocycles. The Kier molecular flexibility index (Phi) is 6.50. The number of alkyl halides is 3. The van der Waals surface area contributed by atoms with Crippen molar-refractivity contribution in [1.82, 2.24) is 9.71 Å². The van der Waals surface area contributed by atoms with E-state index in [0.717, 1.165) is 38.1 Å². The van der Waals surface area contributed by atoms with E-state index >= 15 is 8.78 Å². The molecule has 1 aromatic heterocycles. The first-order chi connectivity index (χ1) is 13.9. The summed E-state index contributed by atoms with van der Waals surface area (Å²) in [5.41, 5.74) is -4.98. The first kappa shape index (κ1) is 25.0. The molecule has 4 N–H and O–H groups in total. The second kappa shape index (κ2) is 8.04. The number of pyridine rings is 1. The summed E-state index contributed by atoms with van der Waals surface area (Å²) in [4.78, 5) is 3.35. The zero-order chi connectivity index (χ0) is 24.0. The molecule has 0 saturated carbocycles. The number of halogens is 6. The zero-order valence-electron chi connectivity index (χ0n) is 16.5. The van der Waals surface area contributed by atoms with Gasteiger partial charge >= 0.3 is 6.18 Å². The van der Waals surface area contributed by atoms with Gasteiger partial charge in [-0.1, -0.05) is 0 Å². The quantitative estimate of drug-likeness (QED) is 0.562. The van der Waals surface area contributed by atoms with Crippen molar-refractivity contribution in [2.75, 3.05) is 12.8 Å². The van der Waals surface area contributed by atoms with E-state index in [1.54, 1.807) is 0 Å². The van der Waals surface area contributed by atoms with Gasteiger partial charge in [0.25, 0.3) is 0 Å². The van der Waals surface area contributed by atoms with Crippen molar-refractivity contribution in [3.63, 3.8) is 0 Å². The summed E-state index contributed by atoms with van der Waals surface area (Å²) in [7, 11) is -4.09. The second-order valence-corrected chi connectivity index (χ2v) is 9.13. The summed E-state index contributed by atoms with van der Waals surface area (Å²) >= 11 is 0. The van der Waals surface area contributed by atoms with Crippen molar-refractivity contribution in [2.45, 2.75) is 31.2 Å². The van der Waals surface area contributed by atoms with E-state index in [2.05, 4.69) is 4.98 Å². The zero-order valence-corrected chi connectivity index (χ0v) is 17.3. The molecule has 1 atom stereocenters. The summed E-state index contributed by atoms with van der Waals surface area (Å²) < 4.78 is 110. The standard InChI is InChI=1S/C18H19F6N3O3S/c1-16(2,27-31(3,29)30)11-12(20)14(9-4-6-10(19)7-5-9)26-15(13(11)21)17(28,8-25)18(22,23)24/h4-7,27-28H,8,25H2,1-3H3/t17-/m0/s1. The Morgan fingerprint density at radius 3 is 2.00 bits per heavy atom. The van der Waals surface area contributed by atoms with E-state index in [1.807, 2.05) is 4.72 Å². The lowest BCUT2D eigenvalue weighted by atomic mass is 9.88. The highest BCUT2D eigenvalue weighted by atomic mass is 32.2. The number of hydrogen-bond donors (Lipinski definition) is 3. The molecule has 0 aliphatic heterocycles. The third kappa shape index (κ3) is 4.84. The molecule has 0 spiro atoms. The van der Waals surface area contributed by atoms with Gasteiger partial charge in [-0.3, -0.25) is 0 Å². The van der Waals surface area contributed by atoms with Gasteiger partial charge in [-0.2, -0.15) is 13.2 Å². The van der Waals surface area contributed by atoms with E-state index in [-0.39, 0.29) is 5.56 Å². The monoisotopic (exact) mass is 471 g/mol. The van der Waals surface area contributed by atoms with E-state index in [4.69, 9.17) is 5.73 Å². The van der Waals surface area contributed by atoms with Crippen LogP contribution in [0.25, 0.3) is 11.3 Å². The maximum atomic E-state index is 15.3. The molecule has 1 heterocycles. The average Bonchev–Trinajstić information content (AvgIpc) is 2.59. The highest BCUT2D eigenvalue weighted by molar-refractivity contribution is 7.88. The second-order valence-electron chi connectivity index (χ2n) is 7.38. The van der Waals surface area contributed by atoms with Crippen LogP contribution in [0.15, 0.2) is 24.3 Å². The Labute approximate surface area is 174 Å². The van der Waals surface area contributed by atoms with Crippen LogP contribution in [0.4, 0.5) is 26.3 Å². The minimum atomic E-state index is -5.51. The number of hydrogen-bond acceptors (Lipinski definition) is 5. The lowest BCUT2D eigenvalue weighted by Gasteiger charge is -2.33. The van der Waals surface area contributed by atoms with Crippen LogP contribution in [-0.4, -0.2) is 37.5 Å². The summed E-state index contributed by atoms with van der Waals surface area (Å²) in [6.45, 7) is 0.444. The van der Waals surface area contributed by atoms with Crippen molar-refractivity contribution in [3.05, 3.63) is 53.0 Å². The van der Waals surface area contributed by atoms with Gasteiger partial charge in [-0.15, -0.1) is 0 Å². The molecule has 1 aromatic carbocycles. The van der Waals surface area contributed by atoms with Crippen LogP contribution in [0.2, 0.25) is 0 Å². The molecule has 0 aliphatic carbocycles. The molecule has 0 radical (unpaired) electrons. The fraction of sp³-hybridized carbons (Fsp3) is 0.389. The smallest absolute Gasteiger partial charge is 0.374 e. The molecule has 6 nitrogen and oxygen atoms in total. The molecule has 0 fully saturated rings. The number of nitrogens with one attached hydrogen (secondary N) is 1. The first-order valence-corrected chi connectivity index (χ1v) is 10.5. The molecule has 13 heteroatoms. The Morgan fingerprint density at radius 1 is 1.06 bits per heavy atom. The molecular formula is C18H19F6N3O3S. The Morgan fingerprint density at radius 2 is 1.58 bits per heavy atom. The van der Waals surface area contributed by atoms with E-state index < -0.39 is 68.3 Å². The van der Waals surface area contributed by atoms with Crippen LogP contribution < -0.4 is 10.5 Å². The van der Waals surface area contributed by atoms with Crippen molar-refractivity contribution in [2.24, 2.45) is 5.73 Å². The fourth-order valence-electron chi connectivity index (χ4n) is 3.03. The first-order valence-electron chi connectivity index (χ1n) is 8.58. The van der Waals surface area contributed by atoms with Gasteiger partial charge in [0.15, 0.2) is 11.6 Å². The van der Waals surface area contributed by atoms with Crippen LogP contribution >= 0.6 is 0 Å². The number of nitrogens with zero attached hydrogens (tertiary/aromatic N) is 1. The number of aromatic nitrogens is 1. The van der Waals surface area contributed by atoms with E-state index in [1.165, 1.54) is 0 Å². The number of sulfonamides is 1. The molecule has 31 heavy (non-hydrogen) atoms. The van der Waals surface area contributed by atoms with Gasteiger partial charge in [0.1, 0.15) is 17.2 Å². The molecule has 0 amide bonds. The van der Waals surface area contributed by atoms with Gasteiger partial charge in [-0.05, 0) is 38.1 Å². The molecule has 172 valence electrons. The SMILES string of the molecule is CC(C)(NS(C)(=O)=O)c1c(F)c(-c2ccc(F)cc2)nc([C@@](O)(CN)C(F)(F)F)c1F. The van der Waals surface area contributed by atoms with E-state index in [0.29, 0.717) is 6.26 Å². The molecule has 0 aliphatic rings. The number of nitrogens with two attached hydrogens (primary N) is 1. The third-order valence-electron chi connectivity index (χ3n) is 4.42. The van der Waals surface area contributed by atoms with Crippen LogP contribution in [0.3, 0.4) is 0 Å². The maximum Gasteiger partial charge on any atom is 0.424 e. The topological polar surface area (TPSA) is 105 Å². The van der Waals surface area contributed by atoms with Gasteiger partial charge < -0.3 is 10.8 Å². The van der Waals surface area contributed by atoms with Gasteiger partial charge in [0, 0.05) is 17.7 Å². The molecule has 0 unspecified atom stereocenters. The largest absolute Gasteiger partial charge is 0.424 e. The molecular weight excluding hydrogens is 452 g/mol. The van der Waals surface area contributed by atoms with Crippen molar-refractivity contribution in [1.29, 1.82) is 0 Å². The Hall–Kier alpha value is -2.22. The summed E-state index contributed by atoms with van der Waals surface area (Å²) in [6.07, 6.45) is -4.83. The lowest BCUT2D eigenvalue weighted by Crippen LogP contribution is -2.50. The Bertz CT molecular complexity index is 1090. The van der Waals surface area contributed by atoms with Crippen LogP contribution in [0.5, 0.6) is 0 Å². The predicted octanol–water partition coefficient (Wildman–Crippen LogP) is 2.66. The van der Waals surface area contributed by atoms with Crippen molar-refractivity contribution < 1.29 is 39.9 Å². The van der Waals surface area contributed by atoms with Gasteiger partial charge in [-0.25, -0.2) is 31.3 Å². The number of aliphatic hydroxyl groups is 1. The summed E-state index contributed by atoms with van der Waals surface area (Å²) in [5.74, 6) is -4.19. The van der Waals surface area contributed by atoms with Crippen LogP contribution in [0, 0.1) is 17.5 Å². The lowest BCUT2D eigenvalue weighted by molar-refractivity contribution is -0.264. The minimum Gasteiger partial charge on any atom is -0.374 e. The molecule has 2 aromatic rings. The minimum absolute atomic E-state index is 0.252. The third-order valence-corrected chi connectivity index (χ3v) is 5.30. The predicted molar refractivity (Wildman–Crippen MR) is 99.6 cm³/mol. The average molecular weight is 471 g/mol. The van der Waals surface area contributed by atoms with E-state index in [9.17, 15) is 31.1 Å². The maximum absolute atomic E-state index is 15.3. The number of benzene rings is 1. The molecule has 0 bridgehead atoms. The summed E-state index contributed by atoms with van der Waals surface area (Å²) in [5, 5.41) is 10.2. The summed E-state index contributed by atoms with van der Waals surface area (Å²) in [6, 6.07) is 3.66.